The van der Waals surface area contributed by atoms with Crippen LogP contribution >= 0.6 is 11.6 Å². The summed E-state index contributed by atoms with van der Waals surface area (Å²) in [6.45, 7) is 1.27. The fourth-order valence-electron chi connectivity index (χ4n) is 3.18. The molecule has 0 aliphatic carbocycles. The molecular weight excluding hydrogens is 356 g/mol. The van der Waals surface area contributed by atoms with Crippen LogP contribution in [0.4, 0.5) is 0 Å². The standard InChI is InChI=1S/C19H17ClN2O4/c1-24-19(23)18(11-2-4-13(20)5-3-11)26-14-6-7-15-16(8-14)25-10-12-9-21-22-17(12)15/h2-8,12,17-18H,9-10H2,1H3. The molecule has 0 spiro atoms. The van der Waals surface area contributed by atoms with Crippen LogP contribution < -0.4 is 9.47 Å². The molecule has 6 nitrogen and oxygen atoms in total. The number of benzene rings is 2. The lowest BCUT2D eigenvalue weighted by Crippen LogP contribution is -2.24. The van der Waals surface area contributed by atoms with E-state index in [2.05, 4.69) is 10.2 Å². The van der Waals surface area contributed by atoms with E-state index >= 15 is 0 Å². The van der Waals surface area contributed by atoms with Gasteiger partial charge in [0.2, 0.25) is 6.10 Å². The predicted molar refractivity (Wildman–Crippen MR) is 94.7 cm³/mol. The number of fused-ring (bicyclic) bond motifs is 3. The van der Waals surface area contributed by atoms with Crippen LogP contribution in [0.15, 0.2) is 52.7 Å². The Morgan fingerprint density at radius 2 is 2.08 bits per heavy atom. The van der Waals surface area contributed by atoms with Crippen LogP contribution in [0.5, 0.6) is 11.5 Å². The van der Waals surface area contributed by atoms with Gasteiger partial charge >= 0.3 is 5.97 Å². The highest BCUT2D eigenvalue weighted by molar-refractivity contribution is 6.30. The number of ether oxygens (including phenoxy) is 3. The Morgan fingerprint density at radius 3 is 2.85 bits per heavy atom. The lowest BCUT2D eigenvalue weighted by atomic mass is 9.92. The molecule has 0 radical (unpaired) electrons. The number of halogens is 1. The van der Waals surface area contributed by atoms with Gasteiger partial charge in [0.15, 0.2) is 0 Å². The van der Waals surface area contributed by atoms with Crippen molar-refractivity contribution in [2.45, 2.75) is 12.1 Å². The molecule has 4 rings (SSSR count). The number of carbonyl (C=O) groups is 1. The first-order chi connectivity index (χ1) is 12.7. The van der Waals surface area contributed by atoms with Crippen molar-refractivity contribution in [3.63, 3.8) is 0 Å². The Morgan fingerprint density at radius 1 is 1.27 bits per heavy atom. The number of nitrogens with zero attached hydrogens (tertiary/aromatic N) is 2. The fourth-order valence-corrected chi connectivity index (χ4v) is 3.31. The van der Waals surface area contributed by atoms with Crippen LogP contribution in [-0.2, 0) is 9.53 Å². The van der Waals surface area contributed by atoms with E-state index in [1.807, 2.05) is 12.1 Å². The van der Waals surface area contributed by atoms with Crippen molar-refractivity contribution < 1.29 is 19.0 Å². The molecule has 0 amide bonds. The molecule has 26 heavy (non-hydrogen) atoms. The third-order valence-corrected chi connectivity index (χ3v) is 4.82. The van der Waals surface area contributed by atoms with Gasteiger partial charge in [0, 0.05) is 28.1 Å². The number of azo groups is 1. The topological polar surface area (TPSA) is 69.5 Å². The highest BCUT2D eigenvalue weighted by atomic mass is 35.5. The molecule has 2 aromatic rings. The molecule has 2 aromatic carbocycles. The van der Waals surface area contributed by atoms with Crippen LogP contribution in [-0.4, -0.2) is 26.2 Å². The van der Waals surface area contributed by atoms with E-state index in [1.54, 1.807) is 30.3 Å². The summed E-state index contributed by atoms with van der Waals surface area (Å²) in [7, 11) is 1.33. The Bertz CT molecular complexity index is 853. The number of hydrogen-bond acceptors (Lipinski definition) is 6. The van der Waals surface area contributed by atoms with Crippen molar-refractivity contribution in [1.29, 1.82) is 0 Å². The monoisotopic (exact) mass is 372 g/mol. The Hall–Kier alpha value is -2.60. The normalized spacial score (nSPS) is 21.3. The highest BCUT2D eigenvalue weighted by Gasteiger charge is 2.34. The zero-order chi connectivity index (χ0) is 18.1. The summed E-state index contributed by atoms with van der Waals surface area (Å²) in [5.41, 5.74) is 1.65. The van der Waals surface area contributed by atoms with Gasteiger partial charge < -0.3 is 14.2 Å². The van der Waals surface area contributed by atoms with Crippen LogP contribution in [0.1, 0.15) is 23.3 Å². The second kappa shape index (κ2) is 6.96. The molecule has 2 aliphatic rings. The lowest BCUT2D eigenvalue weighted by molar-refractivity contribution is -0.149. The molecule has 134 valence electrons. The molecule has 0 N–H and O–H groups in total. The highest BCUT2D eigenvalue weighted by Crippen LogP contribution is 2.43. The van der Waals surface area contributed by atoms with Crippen LogP contribution in [0, 0.1) is 5.92 Å². The molecule has 0 aromatic heterocycles. The molecule has 0 saturated carbocycles. The van der Waals surface area contributed by atoms with Crippen molar-refractivity contribution in [2.75, 3.05) is 20.3 Å². The van der Waals surface area contributed by atoms with Gasteiger partial charge in [0.1, 0.15) is 17.5 Å². The van der Waals surface area contributed by atoms with E-state index in [0.717, 1.165) is 5.56 Å². The van der Waals surface area contributed by atoms with Gasteiger partial charge in [0.05, 0.1) is 20.3 Å². The quantitative estimate of drug-likeness (QED) is 0.756. The van der Waals surface area contributed by atoms with Gasteiger partial charge in [-0.2, -0.15) is 10.2 Å². The Kier molecular flexibility index (Phi) is 4.51. The zero-order valence-corrected chi connectivity index (χ0v) is 14.8. The van der Waals surface area contributed by atoms with Gasteiger partial charge in [-0.3, -0.25) is 0 Å². The summed E-state index contributed by atoms with van der Waals surface area (Å²) in [5.74, 6) is 1.04. The molecule has 0 saturated heterocycles. The average Bonchev–Trinajstić information content (AvgIpc) is 3.15. The Labute approximate surface area is 155 Å². The number of rotatable bonds is 4. The SMILES string of the molecule is COC(=O)C(Oc1ccc2c(c1)OCC1CN=NC21)c1ccc(Cl)cc1. The van der Waals surface area contributed by atoms with Crippen molar-refractivity contribution in [3.8, 4) is 11.5 Å². The third kappa shape index (κ3) is 3.12. The molecule has 7 heteroatoms. The minimum absolute atomic E-state index is 0.0421. The van der Waals surface area contributed by atoms with Crippen LogP contribution in [0.2, 0.25) is 5.02 Å². The minimum Gasteiger partial charge on any atom is -0.493 e. The van der Waals surface area contributed by atoms with E-state index in [4.69, 9.17) is 25.8 Å². The number of esters is 1. The van der Waals surface area contributed by atoms with Gasteiger partial charge in [-0.25, -0.2) is 4.79 Å². The first-order valence-corrected chi connectivity index (χ1v) is 8.67. The molecule has 3 atom stereocenters. The third-order valence-electron chi connectivity index (χ3n) is 4.57. The predicted octanol–water partition coefficient (Wildman–Crippen LogP) is 4.15. The Balaban J connectivity index is 1.61. The molecule has 0 fully saturated rings. The van der Waals surface area contributed by atoms with E-state index in [9.17, 15) is 4.79 Å². The van der Waals surface area contributed by atoms with Gasteiger partial charge in [-0.1, -0.05) is 23.7 Å². The summed E-state index contributed by atoms with van der Waals surface area (Å²) in [6, 6.07) is 12.4. The molecule has 3 unspecified atom stereocenters. The van der Waals surface area contributed by atoms with E-state index in [0.29, 0.717) is 41.2 Å². The summed E-state index contributed by atoms with van der Waals surface area (Å²) in [4.78, 5) is 12.2. The molecule has 0 bridgehead atoms. The van der Waals surface area contributed by atoms with Crippen LogP contribution in [0.3, 0.4) is 0 Å². The number of carbonyl (C=O) groups excluding carboxylic acids is 1. The van der Waals surface area contributed by atoms with Crippen LogP contribution in [0.25, 0.3) is 0 Å². The van der Waals surface area contributed by atoms with Crippen molar-refractivity contribution in [1.82, 2.24) is 0 Å². The molecule has 2 heterocycles. The van der Waals surface area contributed by atoms with Crippen molar-refractivity contribution in [2.24, 2.45) is 16.1 Å². The molecule has 2 aliphatic heterocycles. The first kappa shape index (κ1) is 16.8. The van der Waals surface area contributed by atoms with Gasteiger partial charge in [-0.15, -0.1) is 0 Å². The maximum Gasteiger partial charge on any atom is 0.351 e. The van der Waals surface area contributed by atoms with Gasteiger partial charge in [-0.05, 0) is 24.3 Å². The minimum atomic E-state index is -0.891. The summed E-state index contributed by atoms with van der Waals surface area (Å²) < 4.78 is 16.6. The number of methoxy groups -OCH3 is 1. The second-order valence-corrected chi connectivity index (χ2v) is 6.66. The second-order valence-electron chi connectivity index (χ2n) is 6.23. The largest absolute Gasteiger partial charge is 0.493 e. The molecular formula is C19H17ClN2O4. The van der Waals surface area contributed by atoms with E-state index < -0.39 is 12.1 Å². The van der Waals surface area contributed by atoms with Gasteiger partial charge in [0.25, 0.3) is 0 Å². The number of hydrogen-bond donors (Lipinski definition) is 0. The lowest BCUT2D eigenvalue weighted by Gasteiger charge is -2.26. The smallest absolute Gasteiger partial charge is 0.351 e. The first-order valence-electron chi connectivity index (χ1n) is 8.29. The fraction of sp³-hybridized carbons (Fsp3) is 0.316. The summed E-state index contributed by atoms with van der Waals surface area (Å²) >= 11 is 5.92. The van der Waals surface area contributed by atoms with Crippen molar-refractivity contribution >= 4 is 17.6 Å². The van der Waals surface area contributed by atoms with E-state index in [-0.39, 0.29) is 6.04 Å². The summed E-state index contributed by atoms with van der Waals surface area (Å²) in [6.07, 6.45) is -0.891. The van der Waals surface area contributed by atoms with E-state index in [1.165, 1.54) is 7.11 Å². The summed E-state index contributed by atoms with van der Waals surface area (Å²) in [5, 5.41) is 9.01. The maximum absolute atomic E-state index is 12.2. The van der Waals surface area contributed by atoms with Crippen molar-refractivity contribution in [3.05, 3.63) is 58.6 Å². The zero-order valence-electron chi connectivity index (χ0n) is 14.1. The maximum atomic E-state index is 12.2. The average molecular weight is 373 g/mol.